The van der Waals surface area contributed by atoms with Gasteiger partial charge in [0.1, 0.15) is 18.1 Å². The Hall–Kier alpha value is -2.27. The minimum absolute atomic E-state index is 0.0938. The van der Waals surface area contributed by atoms with E-state index in [1.807, 2.05) is 12.1 Å². The van der Waals surface area contributed by atoms with Crippen LogP contribution >= 0.6 is 0 Å². The summed E-state index contributed by atoms with van der Waals surface area (Å²) in [6, 6.07) is 10.7. The van der Waals surface area contributed by atoms with Crippen molar-refractivity contribution in [3.05, 3.63) is 54.0 Å². The Kier molecular flexibility index (Phi) is 5.84. The fraction of sp³-hybridized carbons (Fsp3) is 0.312. The number of furan rings is 1. The average molecular weight is 289 g/mol. The van der Waals surface area contributed by atoms with Crippen molar-refractivity contribution in [3.8, 4) is 5.75 Å². The molecule has 112 valence electrons. The van der Waals surface area contributed by atoms with E-state index in [4.69, 9.17) is 13.9 Å². The quantitative estimate of drug-likeness (QED) is 0.759. The maximum Gasteiger partial charge on any atom is 0.251 e. The van der Waals surface area contributed by atoms with Crippen LogP contribution in [-0.2, 0) is 11.3 Å². The van der Waals surface area contributed by atoms with Gasteiger partial charge in [-0.15, -0.1) is 0 Å². The molecule has 2 rings (SSSR count). The van der Waals surface area contributed by atoms with Crippen molar-refractivity contribution in [2.75, 3.05) is 20.3 Å². The lowest BCUT2D eigenvalue weighted by molar-refractivity contribution is 0.0917. The molecule has 0 fully saturated rings. The molecule has 0 aliphatic carbocycles. The first-order chi connectivity index (χ1) is 10.3. The van der Waals surface area contributed by atoms with Crippen LogP contribution in [0.4, 0.5) is 0 Å². The van der Waals surface area contributed by atoms with Crippen molar-refractivity contribution < 1.29 is 18.7 Å². The second-order valence-corrected chi connectivity index (χ2v) is 4.47. The number of methoxy groups -OCH3 is 1. The number of hydrogen-bond donors (Lipinski definition) is 1. The largest absolute Gasteiger partial charge is 0.497 e. The number of ether oxygens (including phenoxy) is 2. The van der Waals surface area contributed by atoms with E-state index in [2.05, 4.69) is 5.32 Å². The van der Waals surface area contributed by atoms with Gasteiger partial charge in [-0.2, -0.15) is 0 Å². The van der Waals surface area contributed by atoms with E-state index in [1.54, 1.807) is 37.6 Å². The Bertz CT molecular complexity index is 534. The lowest BCUT2D eigenvalue weighted by Gasteiger charge is -2.06. The van der Waals surface area contributed by atoms with E-state index >= 15 is 0 Å². The number of carbonyl (C=O) groups excluding carboxylic acids is 1. The smallest absolute Gasteiger partial charge is 0.251 e. The average Bonchev–Trinajstić information content (AvgIpc) is 3.04. The fourth-order valence-electron chi connectivity index (χ4n) is 1.79. The summed E-state index contributed by atoms with van der Waals surface area (Å²) >= 11 is 0. The Morgan fingerprint density at radius 1 is 1.24 bits per heavy atom. The van der Waals surface area contributed by atoms with Gasteiger partial charge in [0, 0.05) is 18.7 Å². The van der Waals surface area contributed by atoms with Gasteiger partial charge < -0.3 is 19.2 Å². The molecule has 0 radical (unpaired) electrons. The normalized spacial score (nSPS) is 10.3. The minimum atomic E-state index is -0.0938. The van der Waals surface area contributed by atoms with Crippen LogP contribution in [0.25, 0.3) is 0 Å². The van der Waals surface area contributed by atoms with Crippen LogP contribution in [-0.4, -0.2) is 26.2 Å². The van der Waals surface area contributed by atoms with Crippen LogP contribution < -0.4 is 10.1 Å². The molecule has 0 spiro atoms. The molecule has 0 saturated carbocycles. The van der Waals surface area contributed by atoms with Gasteiger partial charge in [-0.1, -0.05) is 0 Å². The molecule has 1 aromatic carbocycles. The molecule has 0 unspecified atom stereocenters. The highest BCUT2D eigenvalue weighted by molar-refractivity contribution is 5.94. The number of hydrogen-bond acceptors (Lipinski definition) is 4. The van der Waals surface area contributed by atoms with Gasteiger partial charge in [-0.3, -0.25) is 4.79 Å². The van der Waals surface area contributed by atoms with Crippen LogP contribution in [0.5, 0.6) is 5.75 Å². The molecule has 0 aliphatic rings. The third kappa shape index (κ3) is 4.96. The third-order valence-electron chi connectivity index (χ3n) is 2.93. The van der Waals surface area contributed by atoms with Gasteiger partial charge in [-0.05, 0) is 42.8 Å². The summed E-state index contributed by atoms with van der Waals surface area (Å²) in [4.78, 5) is 11.9. The predicted octanol–water partition coefficient (Wildman–Crippen LogP) is 2.62. The lowest BCUT2D eigenvalue weighted by Crippen LogP contribution is -2.25. The van der Waals surface area contributed by atoms with Crippen LogP contribution in [0.3, 0.4) is 0 Å². The molecule has 0 saturated heterocycles. The van der Waals surface area contributed by atoms with Gasteiger partial charge in [0.2, 0.25) is 0 Å². The maximum atomic E-state index is 11.9. The highest BCUT2D eigenvalue weighted by Crippen LogP contribution is 2.11. The molecule has 1 aromatic heterocycles. The van der Waals surface area contributed by atoms with Crippen LogP contribution in [0, 0.1) is 0 Å². The Balaban J connectivity index is 1.60. The van der Waals surface area contributed by atoms with E-state index in [9.17, 15) is 4.79 Å². The van der Waals surface area contributed by atoms with E-state index in [-0.39, 0.29) is 5.91 Å². The molecule has 5 nitrogen and oxygen atoms in total. The standard InChI is InChI=1S/C16H19NO4/c1-19-14-7-5-13(6-8-14)16(18)17-9-3-10-20-12-15-4-2-11-21-15/h2,4-8,11H,3,9-10,12H2,1H3,(H,17,18). The Morgan fingerprint density at radius 2 is 2.05 bits per heavy atom. The first kappa shape index (κ1) is 15.1. The van der Waals surface area contributed by atoms with E-state index in [0.717, 1.165) is 17.9 Å². The van der Waals surface area contributed by atoms with Crippen molar-refractivity contribution >= 4 is 5.91 Å². The SMILES string of the molecule is COc1ccc(C(=O)NCCCOCc2ccco2)cc1. The zero-order chi connectivity index (χ0) is 14.9. The highest BCUT2D eigenvalue weighted by atomic mass is 16.5. The highest BCUT2D eigenvalue weighted by Gasteiger charge is 2.04. The number of carbonyl (C=O) groups is 1. The summed E-state index contributed by atoms with van der Waals surface area (Å²) in [6.07, 6.45) is 2.37. The topological polar surface area (TPSA) is 60.7 Å². The van der Waals surface area contributed by atoms with Crippen LogP contribution in [0.2, 0.25) is 0 Å². The first-order valence-corrected chi connectivity index (χ1v) is 6.82. The molecule has 2 aromatic rings. The summed E-state index contributed by atoms with van der Waals surface area (Å²) in [5.74, 6) is 1.44. The van der Waals surface area contributed by atoms with Gasteiger partial charge in [-0.25, -0.2) is 0 Å². The van der Waals surface area contributed by atoms with Crippen molar-refractivity contribution in [2.24, 2.45) is 0 Å². The zero-order valence-corrected chi connectivity index (χ0v) is 12.0. The third-order valence-corrected chi connectivity index (χ3v) is 2.93. The number of amides is 1. The predicted molar refractivity (Wildman–Crippen MR) is 78.3 cm³/mol. The molecular weight excluding hydrogens is 270 g/mol. The monoisotopic (exact) mass is 289 g/mol. The molecule has 1 N–H and O–H groups in total. The van der Waals surface area contributed by atoms with Crippen LogP contribution in [0.1, 0.15) is 22.5 Å². The zero-order valence-electron chi connectivity index (χ0n) is 12.0. The van der Waals surface area contributed by atoms with Crippen LogP contribution in [0.15, 0.2) is 47.1 Å². The van der Waals surface area contributed by atoms with Crippen molar-refractivity contribution in [1.29, 1.82) is 0 Å². The summed E-state index contributed by atoms with van der Waals surface area (Å²) in [6.45, 7) is 1.60. The Morgan fingerprint density at radius 3 is 2.71 bits per heavy atom. The molecule has 0 aliphatic heterocycles. The molecule has 21 heavy (non-hydrogen) atoms. The molecule has 5 heteroatoms. The second kappa shape index (κ2) is 8.11. The summed E-state index contributed by atoms with van der Waals surface area (Å²) < 4.78 is 15.6. The molecular formula is C16H19NO4. The number of nitrogens with one attached hydrogen (secondary N) is 1. The van der Waals surface area contributed by atoms with Crippen molar-refractivity contribution in [3.63, 3.8) is 0 Å². The van der Waals surface area contributed by atoms with Gasteiger partial charge in [0.15, 0.2) is 0 Å². The molecule has 1 heterocycles. The van der Waals surface area contributed by atoms with E-state index in [1.165, 1.54) is 0 Å². The minimum Gasteiger partial charge on any atom is -0.497 e. The van der Waals surface area contributed by atoms with E-state index in [0.29, 0.717) is 25.3 Å². The van der Waals surface area contributed by atoms with Crippen molar-refractivity contribution in [2.45, 2.75) is 13.0 Å². The molecule has 1 amide bonds. The fourth-order valence-corrected chi connectivity index (χ4v) is 1.79. The van der Waals surface area contributed by atoms with E-state index < -0.39 is 0 Å². The van der Waals surface area contributed by atoms with Gasteiger partial charge >= 0.3 is 0 Å². The number of rotatable bonds is 8. The number of benzene rings is 1. The first-order valence-electron chi connectivity index (χ1n) is 6.82. The lowest BCUT2D eigenvalue weighted by atomic mass is 10.2. The summed E-state index contributed by atoms with van der Waals surface area (Å²) in [5.41, 5.74) is 0.618. The Labute approximate surface area is 123 Å². The summed E-state index contributed by atoms with van der Waals surface area (Å²) in [5, 5.41) is 2.85. The second-order valence-electron chi connectivity index (χ2n) is 4.47. The van der Waals surface area contributed by atoms with Crippen molar-refractivity contribution in [1.82, 2.24) is 5.32 Å². The molecule has 0 bridgehead atoms. The molecule has 0 atom stereocenters. The summed E-state index contributed by atoms with van der Waals surface area (Å²) in [7, 11) is 1.60. The maximum absolute atomic E-state index is 11.9. The van der Waals surface area contributed by atoms with Gasteiger partial charge in [0.05, 0.1) is 13.4 Å². The van der Waals surface area contributed by atoms with Gasteiger partial charge in [0.25, 0.3) is 5.91 Å².